The SMILES string of the molecule is CC(NC(=O)C1CCCN1)c1nc2ccccc2[nH]1. The third kappa shape index (κ3) is 2.46. The molecule has 19 heavy (non-hydrogen) atoms. The first kappa shape index (κ1) is 12.2. The van der Waals surface area contributed by atoms with E-state index in [9.17, 15) is 4.79 Å². The van der Waals surface area contributed by atoms with Crippen molar-refractivity contribution < 1.29 is 4.79 Å². The maximum absolute atomic E-state index is 12.0. The number of imidazole rings is 1. The van der Waals surface area contributed by atoms with Gasteiger partial charge >= 0.3 is 0 Å². The topological polar surface area (TPSA) is 69.8 Å². The van der Waals surface area contributed by atoms with Crippen LogP contribution < -0.4 is 10.6 Å². The molecule has 1 amide bonds. The number of hydrogen-bond donors (Lipinski definition) is 3. The predicted molar refractivity (Wildman–Crippen MR) is 73.7 cm³/mol. The highest BCUT2D eigenvalue weighted by molar-refractivity contribution is 5.82. The molecular formula is C14H18N4O. The number of H-pyrrole nitrogens is 1. The lowest BCUT2D eigenvalue weighted by Gasteiger charge is -2.15. The van der Waals surface area contributed by atoms with E-state index >= 15 is 0 Å². The van der Waals surface area contributed by atoms with E-state index < -0.39 is 0 Å². The Morgan fingerprint density at radius 2 is 2.32 bits per heavy atom. The quantitative estimate of drug-likeness (QED) is 0.781. The van der Waals surface area contributed by atoms with Gasteiger partial charge in [-0.2, -0.15) is 0 Å². The second-order valence-electron chi connectivity index (χ2n) is 5.02. The number of carbonyl (C=O) groups is 1. The van der Waals surface area contributed by atoms with Crippen LogP contribution in [0.2, 0.25) is 0 Å². The van der Waals surface area contributed by atoms with Crippen molar-refractivity contribution in [3.63, 3.8) is 0 Å². The van der Waals surface area contributed by atoms with Crippen molar-refractivity contribution in [2.24, 2.45) is 0 Å². The minimum atomic E-state index is -0.109. The fraction of sp³-hybridized carbons (Fsp3) is 0.429. The zero-order valence-electron chi connectivity index (χ0n) is 10.9. The summed E-state index contributed by atoms with van der Waals surface area (Å²) in [5.74, 6) is 0.859. The smallest absolute Gasteiger partial charge is 0.237 e. The van der Waals surface area contributed by atoms with E-state index in [1.807, 2.05) is 31.2 Å². The number of aromatic nitrogens is 2. The highest BCUT2D eigenvalue weighted by Crippen LogP contribution is 2.16. The molecule has 1 saturated heterocycles. The minimum absolute atomic E-state index is 0.0492. The number of nitrogens with one attached hydrogen (secondary N) is 3. The Balaban J connectivity index is 1.72. The number of fused-ring (bicyclic) bond motifs is 1. The lowest BCUT2D eigenvalue weighted by Crippen LogP contribution is -2.41. The molecule has 2 aromatic rings. The molecule has 3 N–H and O–H groups in total. The van der Waals surface area contributed by atoms with Gasteiger partial charge in [0, 0.05) is 0 Å². The Kier molecular flexibility index (Phi) is 3.21. The van der Waals surface area contributed by atoms with Crippen LogP contribution >= 0.6 is 0 Å². The van der Waals surface area contributed by atoms with Gasteiger partial charge in [0.15, 0.2) is 0 Å². The molecule has 0 saturated carbocycles. The van der Waals surface area contributed by atoms with Gasteiger partial charge in [0.1, 0.15) is 5.82 Å². The van der Waals surface area contributed by atoms with Crippen molar-refractivity contribution in [3.05, 3.63) is 30.1 Å². The first-order valence-electron chi connectivity index (χ1n) is 6.72. The zero-order valence-corrected chi connectivity index (χ0v) is 10.9. The van der Waals surface area contributed by atoms with Crippen molar-refractivity contribution in [1.82, 2.24) is 20.6 Å². The minimum Gasteiger partial charge on any atom is -0.345 e. The molecule has 100 valence electrons. The van der Waals surface area contributed by atoms with Gasteiger partial charge in [-0.05, 0) is 38.4 Å². The lowest BCUT2D eigenvalue weighted by molar-refractivity contribution is -0.123. The summed E-state index contributed by atoms with van der Waals surface area (Å²) in [4.78, 5) is 19.8. The van der Waals surface area contributed by atoms with E-state index in [0.29, 0.717) is 0 Å². The summed E-state index contributed by atoms with van der Waals surface area (Å²) in [6.45, 7) is 2.88. The largest absolute Gasteiger partial charge is 0.345 e. The van der Waals surface area contributed by atoms with Crippen LogP contribution in [0.4, 0.5) is 0 Å². The zero-order chi connectivity index (χ0) is 13.2. The molecule has 5 nitrogen and oxygen atoms in total. The summed E-state index contributed by atoms with van der Waals surface area (Å²) in [5.41, 5.74) is 1.93. The van der Waals surface area contributed by atoms with E-state index in [1.165, 1.54) is 0 Å². The van der Waals surface area contributed by atoms with Crippen LogP contribution in [0.15, 0.2) is 24.3 Å². The van der Waals surface area contributed by atoms with Gasteiger partial charge in [0.25, 0.3) is 0 Å². The fourth-order valence-corrected chi connectivity index (χ4v) is 2.47. The van der Waals surface area contributed by atoms with Gasteiger partial charge in [-0.1, -0.05) is 12.1 Å². The maximum atomic E-state index is 12.0. The molecule has 1 aliphatic rings. The number of amides is 1. The van der Waals surface area contributed by atoms with E-state index in [1.54, 1.807) is 0 Å². The Bertz CT molecular complexity index is 553. The third-order valence-electron chi connectivity index (χ3n) is 3.55. The molecule has 2 atom stereocenters. The lowest BCUT2D eigenvalue weighted by atomic mass is 10.2. The first-order chi connectivity index (χ1) is 9.24. The Morgan fingerprint density at radius 3 is 3.05 bits per heavy atom. The van der Waals surface area contributed by atoms with E-state index in [-0.39, 0.29) is 18.0 Å². The molecule has 0 bridgehead atoms. The number of para-hydroxylation sites is 2. The number of carbonyl (C=O) groups excluding carboxylic acids is 1. The summed E-state index contributed by atoms with van der Waals surface area (Å²) in [6, 6.07) is 7.71. The number of hydrogen-bond acceptors (Lipinski definition) is 3. The summed E-state index contributed by atoms with van der Waals surface area (Å²) < 4.78 is 0. The molecule has 0 radical (unpaired) electrons. The van der Waals surface area contributed by atoms with Crippen LogP contribution in [-0.2, 0) is 4.79 Å². The molecule has 2 unspecified atom stereocenters. The van der Waals surface area contributed by atoms with Crippen molar-refractivity contribution >= 4 is 16.9 Å². The molecule has 1 aromatic heterocycles. The summed E-state index contributed by atoms with van der Waals surface area (Å²) in [5, 5.41) is 6.20. The third-order valence-corrected chi connectivity index (χ3v) is 3.55. The second kappa shape index (κ2) is 5.01. The Morgan fingerprint density at radius 1 is 1.47 bits per heavy atom. The van der Waals surface area contributed by atoms with Crippen molar-refractivity contribution in [2.75, 3.05) is 6.54 Å². The normalized spacial score (nSPS) is 20.6. The van der Waals surface area contributed by atoms with E-state index in [0.717, 1.165) is 36.2 Å². The van der Waals surface area contributed by atoms with Crippen LogP contribution in [0, 0.1) is 0 Å². The summed E-state index contributed by atoms with van der Waals surface area (Å²) in [6.07, 6.45) is 1.98. The highest BCUT2D eigenvalue weighted by Gasteiger charge is 2.24. The monoisotopic (exact) mass is 258 g/mol. The van der Waals surface area contributed by atoms with Gasteiger partial charge in [0.2, 0.25) is 5.91 Å². The van der Waals surface area contributed by atoms with Gasteiger partial charge < -0.3 is 15.6 Å². The average molecular weight is 258 g/mol. The Hall–Kier alpha value is -1.88. The number of benzene rings is 1. The molecular weight excluding hydrogens is 240 g/mol. The highest BCUT2D eigenvalue weighted by atomic mass is 16.2. The first-order valence-corrected chi connectivity index (χ1v) is 6.72. The second-order valence-corrected chi connectivity index (χ2v) is 5.02. The van der Waals surface area contributed by atoms with Crippen LogP contribution in [0.25, 0.3) is 11.0 Å². The van der Waals surface area contributed by atoms with Crippen molar-refractivity contribution in [1.29, 1.82) is 0 Å². The molecule has 1 aromatic carbocycles. The van der Waals surface area contributed by atoms with Crippen LogP contribution in [0.3, 0.4) is 0 Å². The van der Waals surface area contributed by atoms with E-state index in [4.69, 9.17) is 0 Å². The molecule has 5 heteroatoms. The van der Waals surface area contributed by atoms with E-state index in [2.05, 4.69) is 20.6 Å². The molecule has 3 rings (SSSR count). The van der Waals surface area contributed by atoms with Crippen LogP contribution in [0.1, 0.15) is 31.6 Å². The van der Waals surface area contributed by atoms with Crippen LogP contribution in [-0.4, -0.2) is 28.5 Å². The maximum Gasteiger partial charge on any atom is 0.237 e. The predicted octanol–water partition coefficient (Wildman–Crippen LogP) is 1.49. The van der Waals surface area contributed by atoms with Gasteiger partial charge in [-0.25, -0.2) is 4.98 Å². The molecule has 0 aliphatic carbocycles. The number of nitrogens with zero attached hydrogens (tertiary/aromatic N) is 1. The van der Waals surface area contributed by atoms with Gasteiger partial charge in [-0.15, -0.1) is 0 Å². The standard InChI is InChI=1S/C14H18N4O/c1-9(16-14(19)12-7-4-8-15-12)13-17-10-5-2-3-6-11(10)18-13/h2-3,5-6,9,12,15H,4,7-8H2,1H3,(H,16,19)(H,17,18). The van der Waals surface area contributed by atoms with Crippen molar-refractivity contribution in [2.45, 2.75) is 31.8 Å². The molecule has 1 fully saturated rings. The molecule has 1 aliphatic heterocycles. The number of aromatic amines is 1. The van der Waals surface area contributed by atoms with Gasteiger partial charge in [-0.3, -0.25) is 4.79 Å². The fourth-order valence-electron chi connectivity index (χ4n) is 2.47. The molecule has 2 heterocycles. The van der Waals surface area contributed by atoms with Crippen LogP contribution in [0.5, 0.6) is 0 Å². The average Bonchev–Trinajstić information content (AvgIpc) is 3.07. The van der Waals surface area contributed by atoms with Gasteiger partial charge in [0.05, 0.1) is 23.1 Å². The summed E-state index contributed by atoms with van der Waals surface area (Å²) in [7, 11) is 0. The summed E-state index contributed by atoms with van der Waals surface area (Å²) >= 11 is 0. The van der Waals surface area contributed by atoms with Crippen molar-refractivity contribution in [3.8, 4) is 0 Å². The number of rotatable bonds is 3. The molecule has 0 spiro atoms. The Labute approximate surface area is 111 Å².